The largest absolute Gasteiger partial charge is 0.471 e. The SMILES string of the molecule is O=C(C1CC1)N1CC2(C1)CN(c1nnc3n1-c1ccc(Cl)cc1CN(C(=O)C(F)(F)F)C3)C2. The summed E-state index contributed by atoms with van der Waals surface area (Å²) in [4.78, 5) is 28.9. The van der Waals surface area contributed by atoms with Crippen molar-refractivity contribution in [1.82, 2.24) is 24.6 Å². The van der Waals surface area contributed by atoms with Gasteiger partial charge in [-0.2, -0.15) is 13.2 Å². The molecule has 0 radical (unpaired) electrons. The number of hydrogen-bond acceptors (Lipinski definition) is 5. The number of carbonyl (C=O) groups is 2. The fourth-order valence-electron chi connectivity index (χ4n) is 5.13. The van der Waals surface area contributed by atoms with Crippen LogP contribution >= 0.6 is 11.6 Å². The monoisotopic (exact) mass is 480 g/mol. The summed E-state index contributed by atoms with van der Waals surface area (Å²) in [5.41, 5.74) is 1.12. The van der Waals surface area contributed by atoms with Gasteiger partial charge in [0.2, 0.25) is 11.9 Å². The molecule has 0 N–H and O–H groups in total. The van der Waals surface area contributed by atoms with E-state index in [0.717, 1.165) is 30.8 Å². The summed E-state index contributed by atoms with van der Waals surface area (Å²) in [7, 11) is 0. The van der Waals surface area contributed by atoms with E-state index in [0.29, 0.717) is 35.3 Å². The minimum absolute atomic E-state index is 0.0305. The summed E-state index contributed by atoms with van der Waals surface area (Å²) in [6.07, 6.45) is -3.02. The van der Waals surface area contributed by atoms with Crippen molar-refractivity contribution < 1.29 is 22.8 Å². The van der Waals surface area contributed by atoms with Crippen molar-refractivity contribution >= 4 is 29.4 Å². The van der Waals surface area contributed by atoms with Crippen molar-refractivity contribution in [3.05, 3.63) is 34.6 Å². The first-order chi connectivity index (χ1) is 15.6. The molecule has 3 aliphatic heterocycles. The summed E-state index contributed by atoms with van der Waals surface area (Å²) < 4.78 is 41.2. The number of anilines is 1. The average molecular weight is 481 g/mol. The zero-order valence-electron chi connectivity index (χ0n) is 17.5. The van der Waals surface area contributed by atoms with Gasteiger partial charge in [-0.1, -0.05) is 11.6 Å². The Bertz CT molecular complexity index is 1160. The normalized spacial score (nSPS) is 21.2. The number of likely N-dealkylation sites (tertiary alicyclic amines) is 1. The number of aromatic nitrogens is 3. The molecule has 2 amide bonds. The Balaban J connectivity index is 1.27. The number of halogens is 4. The van der Waals surface area contributed by atoms with Crippen LogP contribution < -0.4 is 4.90 Å². The molecular formula is C21H20ClF3N6O2. The van der Waals surface area contributed by atoms with E-state index >= 15 is 0 Å². The van der Waals surface area contributed by atoms with Crippen LogP contribution in [0.25, 0.3) is 5.69 Å². The molecule has 2 aromatic rings. The van der Waals surface area contributed by atoms with Gasteiger partial charge in [-0.3, -0.25) is 14.2 Å². The van der Waals surface area contributed by atoms with Crippen LogP contribution in [0.3, 0.4) is 0 Å². The second-order valence-electron chi connectivity index (χ2n) is 9.51. The highest BCUT2D eigenvalue weighted by Gasteiger charge is 2.55. The Kier molecular flexibility index (Phi) is 4.31. The minimum Gasteiger partial charge on any atom is -0.341 e. The lowest BCUT2D eigenvalue weighted by Gasteiger charge is -2.60. The van der Waals surface area contributed by atoms with Crippen molar-refractivity contribution in [2.24, 2.45) is 11.3 Å². The third-order valence-electron chi connectivity index (χ3n) is 6.84. The first-order valence-electron chi connectivity index (χ1n) is 10.8. The topological polar surface area (TPSA) is 74.6 Å². The predicted molar refractivity (Wildman–Crippen MR) is 111 cm³/mol. The summed E-state index contributed by atoms with van der Waals surface area (Å²) in [6, 6.07) is 4.93. The average Bonchev–Trinajstić information content (AvgIpc) is 3.48. The molecule has 0 unspecified atom stereocenters. The van der Waals surface area contributed by atoms with Gasteiger partial charge in [-0.25, -0.2) is 0 Å². The van der Waals surface area contributed by atoms with Gasteiger partial charge in [0.1, 0.15) is 0 Å². The van der Waals surface area contributed by atoms with Gasteiger partial charge in [-0.05, 0) is 36.6 Å². The Morgan fingerprint density at radius 2 is 1.76 bits per heavy atom. The molecule has 1 aliphatic carbocycles. The van der Waals surface area contributed by atoms with Crippen molar-refractivity contribution in [3.63, 3.8) is 0 Å². The second-order valence-corrected chi connectivity index (χ2v) is 9.94. The quantitative estimate of drug-likeness (QED) is 0.660. The Morgan fingerprint density at radius 1 is 1.03 bits per heavy atom. The minimum atomic E-state index is -4.99. The van der Waals surface area contributed by atoms with E-state index in [1.54, 1.807) is 22.8 Å². The van der Waals surface area contributed by atoms with E-state index in [-0.39, 0.29) is 36.2 Å². The molecule has 1 aromatic carbocycles. The number of nitrogens with zero attached hydrogens (tertiary/aromatic N) is 6. The molecule has 4 aliphatic rings. The van der Waals surface area contributed by atoms with Crippen LogP contribution in [0.2, 0.25) is 5.02 Å². The lowest BCUT2D eigenvalue weighted by Crippen LogP contribution is -2.73. The number of carbonyl (C=O) groups excluding carboxylic acids is 2. The smallest absolute Gasteiger partial charge is 0.341 e. The molecule has 0 bridgehead atoms. The first kappa shape index (κ1) is 20.8. The van der Waals surface area contributed by atoms with E-state index in [4.69, 9.17) is 11.6 Å². The maximum Gasteiger partial charge on any atom is 0.471 e. The fraction of sp³-hybridized carbons (Fsp3) is 0.524. The number of hydrogen-bond donors (Lipinski definition) is 0. The summed E-state index contributed by atoms with van der Waals surface area (Å²) >= 11 is 6.11. The Hall–Kier alpha value is -2.82. The van der Waals surface area contributed by atoms with E-state index in [9.17, 15) is 22.8 Å². The van der Waals surface area contributed by atoms with Crippen LogP contribution in [-0.4, -0.2) is 68.7 Å². The summed E-state index contributed by atoms with van der Waals surface area (Å²) in [6.45, 7) is 2.26. The molecule has 174 valence electrons. The molecule has 0 atom stereocenters. The van der Waals surface area contributed by atoms with Crippen LogP contribution in [0.4, 0.5) is 19.1 Å². The lowest BCUT2D eigenvalue weighted by molar-refractivity contribution is -0.186. The van der Waals surface area contributed by atoms with Gasteiger partial charge < -0.3 is 14.7 Å². The first-order valence-corrected chi connectivity index (χ1v) is 11.1. The van der Waals surface area contributed by atoms with Crippen molar-refractivity contribution in [1.29, 1.82) is 0 Å². The highest BCUT2D eigenvalue weighted by Crippen LogP contribution is 2.45. The van der Waals surface area contributed by atoms with Gasteiger partial charge >= 0.3 is 12.1 Å². The molecular weight excluding hydrogens is 461 g/mol. The maximum atomic E-state index is 13.2. The van der Waals surface area contributed by atoms with E-state index in [1.807, 2.05) is 9.80 Å². The molecule has 12 heteroatoms. The summed E-state index contributed by atoms with van der Waals surface area (Å²) in [5.74, 6) is -0.701. The zero-order chi connectivity index (χ0) is 23.1. The molecule has 8 nitrogen and oxygen atoms in total. The van der Waals surface area contributed by atoms with E-state index < -0.39 is 12.1 Å². The molecule has 1 saturated carbocycles. The molecule has 6 rings (SSSR count). The maximum absolute atomic E-state index is 13.2. The van der Waals surface area contributed by atoms with Crippen molar-refractivity contribution in [3.8, 4) is 5.69 Å². The van der Waals surface area contributed by atoms with Gasteiger partial charge in [0.25, 0.3) is 0 Å². The Morgan fingerprint density at radius 3 is 2.42 bits per heavy atom. The molecule has 1 aromatic heterocycles. The Labute approximate surface area is 191 Å². The standard InChI is InChI=1S/C21H20ClF3N6O2/c22-14-3-4-15-13(5-14)6-28(18(33)21(23,24)25)7-16-26-27-19(31(15)16)30-10-20(11-30)8-29(9-20)17(32)12-1-2-12/h3-5,12H,1-2,6-11H2. The molecule has 4 heterocycles. The molecule has 1 spiro atoms. The third kappa shape index (κ3) is 3.35. The lowest BCUT2D eigenvalue weighted by atomic mass is 9.73. The van der Waals surface area contributed by atoms with Crippen LogP contribution in [0.15, 0.2) is 18.2 Å². The number of fused-ring (bicyclic) bond motifs is 3. The van der Waals surface area contributed by atoms with Crippen LogP contribution in [-0.2, 0) is 22.7 Å². The van der Waals surface area contributed by atoms with E-state index in [1.165, 1.54) is 0 Å². The number of alkyl halides is 3. The van der Waals surface area contributed by atoms with Crippen LogP contribution in [0.1, 0.15) is 24.2 Å². The van der Waals surface area contributed by atoms with Crippen LogP contribution in [0.5, 0.6) is 0 Å². The van der Waals surface area contributed by atoms with Crippen molar-refractivity contribution in [2.75, 3.05) is 31.1 Å². The van der Waals surface area contributed by atoms with Gasteiger partial charge in [0.15, 0.2) is 5.82 Å². The van der Waals surface area contributed by atoms with Gasteiger partial charge in [0.05, 0.1) is 12.2 Å². The number of rotatable bonds is 2. The van der Waals surface area contributed by atoms with Crippen LogP contribution in [0, 0.1) is 11.3 Å². The number of benzene rings is 1. The molecule has 33 heavy (non-hydrogen) atoms. The van der Waals surface area contributed by atoms with E-state index in [2.05, 4.69) is 10.2 Å². The molecule has 2 saturated heterocycles. The molecule has 3 fully saturated rings. The summed E-state index contributed by atoms with van der Waals surface area (Å²) in [5, 5.41) is 8.76. The highest BCUT2D eigenvalue weighted by molar-refractivity contribution is 6.30. The fourth-order valence-corrected chi connectivity index (χ4v) is 5.32. The predicted octanol–water partition coefficient (Wildman–Crippen LogP) is 2.38. The number of amides is 2. The van der Waals surface area contributed by atoms with Gasteiger partial charge in [0, 0.05) is 49.1 Å². The zero-order valence-corrected chi connectivity index (χ0v) is 18.2. The van der Waals surface area contributed by atoms with Crippen molar-refractivity contribution in [2.45, 2.75) is 32.1 Å². The third-order valence-corrected chi connectivity index (χ3v) is 7.08. The second kappa shape index (κ2) is 6.85. The van der Waals surface area contributed by atoms with Gasteiger partial charge in [-0.15, -0.1) is 10.2 Å². The highest BCUT2D eigenvalue weighted by atomic mass is 35.5.